The zero-order chi connectivity index (χ0) is 36.3. The Bertz CT molecular complexity index is 1460. The van der Waals surface area contributed by atoms with Crippen LogP contribution in [-0.2, 0) is 44.7 Å². The molecule has 286 valence electrons. The molecule has 6 aliphatic rings. The number of esters is 1. The Hall–Kier alpha value is -2.87. The summed E-state index contributed by atoms with van der Waals surface area (Å²) < 4.78 is 25.7. The van der Waals surface area contributed by atoms with E-state index in [4.69, 9.17) is 28.9 Å². The number of hydrogen-bond acceptors (Lipinski definition) is 10. The number of aliphatic hydroxyl groups is 1. The van der Waals surface area contributed by atoms with Crippen molar-refractivity contribution in [2.75, 3.05) is 19.7 Å². The highest BCUT2D eigenvalue weighted by molar-refractivity contribution is 5.94. The van der Waals surface area contributed by atoms with Crippen LogP contribution in [0.5, 0.6) is 0 Å². The van der Waals surface area contributed by atoms with Crippen LogP contribution in [-0.4, -0.2) is 96.1 Å². The molecule has 3 N–H and O–H groups in total. The first kappa shape index (κ1) is 37.4. The average Bonchev–Trinajstić information content (AvgIpc) is 3.69. The molecular weight excluding hydrogens is 666 g/mol. The van der Waals surface area contributed by atoms with E-state index in [1.807, 2.05) is 12.1 Å². The third-order valence-electron chi connectivity index (χ3n) is 12.0. The number of nitrogens with one attached hydrogen (secondary N) is 2. The van der Waals surface area contributed by atoms with Crippen LogP contribution in [0.2, 0.25) is 0 Å². The zero-order valence-corrected chi connectivity index (χ0v) is 30.8. The topological polar surface area (TPSA) is 148 Å². The molecule has 2 aliphatic carbocycles. The zero-order valence-electron chi connectivity index (χ0n) is 30.8. The van der Waals surface area contributed by atoms with Gasteiger partial charge < -0.3 is 34.7 Å². The summed E-state index contributed by atoms with van der Waals surface area (Å²) >= 11 is 0. The van der Waals surface area contributed by atoms with Gasteiger partial charge in [0, 0.05) is 38.8 Å². The van der Waals surface area contributed by atoms with E-state index < -0.39 is 47.6 Å². The van der Waals surface area contributed by atoms with Crippen molar-refractivity contribution >= 4 is 23.9 Å². The van der Waals surface area contributed by atoms with Gasteiger partial charge in [-0.2, -0.15) is 5.06 Å². The quantitative estimate of drug-likeness (QED) is 0.114. The predicted molar refractivity (Wildman–Crippen MR) is 191 cm³/mol. The van der Waals surface area contributed by atoms with Crippen LogP contribution < -0.4 is 10.6 Å². The number of rotatable bonds is 18. The van der Waals surface area contributed by atoms with Gasteiger partial charge in [0.1, 0.15) is 29.8 Å². The Labute approximate surface area is 307 Å². The standard InChI is InChI=1S/C40H57N3O9/c1-3-5-7-17-39(18-8-6-4-2)50-33-31-24-40(38(47)42-19-16-32(45)41-20-21-44)35(37(46)49-31)43(52-36(40)34(33)51-39)25-28-11-9-10-26(22-28)12-13-27-14-15-29-30(23-27)48-29/h9-13,22,27,29-31,33-36,44H,3-8,14-21,23-25H2,1-2H3,(H,41,45)(H,42,47)/t27?,29?,30?,31-,33+,34+,35-,36-,40-/m1/s1. The number of amides is 2. The van der Waals surface area contributed by atoms with E-state index >= 15 is 0 Å². The lowest BCUT2D eigenvalue weighted by Gasteiger charge is -2.48. The number of ether oxygens (including phenoxy) is 4. The molecular formula is C40H57N3O9. The van der Waals surface area contributed by atoms with Crippen LogP contribution in [0.25, 0.3) is 6.08 Å². The Kier molecular flexibility index (Phi) is 11.7. The molecule has 7 rings (SSSR count). The van der Waals surface area contributed by atoms with Crippen molar-refractivity contribution in [1.29, 1.82) is 0 Å². The Morgan fingerprint density at radius 1 is 0.981 bits per heavy atom. The maximum atomic E-state index is 14.5. The minimum atomic E-state index is -1.31. The Morgan fingerprint density at radius 3 is 2.52 bits per heavy atom. The fourth-order valence-corrected chi connectivity index (χ4v) is 9.27. The average molecular weight is 724 g/mol. The highest BCUT2D eigenvalue weighted by Crippen LogP contribution is 2.58. The minimum absolute atomic E-state index is 0.0364. The number of aliphatic hydroxyl groups excluding tert-OH is 1. The van der Waals surface area contributed by atoms with E-state index in [-0.39, 0.29) is 50.9 Å². The monoisotopic (exact) mass is 723 g/mol. The van der Waals surface area contributed by atoms with Gasteiger partial charge in [0.05, 0.1) is 25.4 Å². The molecule has 9 atom stereocenters. The maximum Gasteiger partial charge on any atom is 0.327 e. The highest BCUT2D eigenvalue weighted by atomic mass is 16.8. The van der Waals surface area contributed by atoms with E-state index in [1.165, 1.54) is 0 Å². The third-order valence-corrected chi connectivity index (χ3v) is 12.0. The lowest BCUT2D eigenvalue weighted by Crippen LogP contribution is -2.69. The van der Waals surface area contributed by atoms with Gasteiger partial charge in [-0.1, -0.05) is 75.9 Å². The molecule has 2 saturated carbocycles. The molecule has 3 unspecified atom stereocenters. The van der Waals surface area contributed by atoms with Crippen molar-refractivity contribution in [3.63, 3.8) is 0 Å². The largest absolute Gasteiger partial charge is 0.458 e. The normalized spacial score (nSPS) is 34.1. The number of fused-ring (bicyclic) bond motifs is 5. The first-order valence-electron chi connectivity index (χ1n) is 19.9. The number of hydroxylamine groups is 2. The lowest BCUT2D eigenvalue weighted by atomic mass is 9.62. The summed E-state index contributed by atoms with van der Waals surface area (Å²) in [7, 11) is 0. The fourth-order valence-electron chi connectivity index (χ4n) is 9.27. The van der Waals surface area contributed by atoms with Crippen molar-refractivity contribution < 1.29 is 43.3 Å². The molecule has 0 aromatic heterocycles. The Balaban J connectivity index is 1.14. The predicted octanol–water partition coefficient (Wildman–Crippen LogP) is 4.32. The van der Waals surface area contributed by atoms with Gasteiger partial charge in [-0.3, -0.25) is 19.2 Å². The van der Waals surface area contributed by atoms with E-state index in [0.717, 1.165) is 81.8 Å². The van der Waals surface area contributed by atoms with Gasteiger partial charge in [0.15, 0.2) is 11.8 Å². The second kappa shape index (κ2) is 16.2. The van der Waals surface area contributed by atoms with Crippen LogP contribution in [0.15, 0.2) is 30.3 Å². The number of carbonyl (C=O) groups is 3. The molecule has 52 heavy (non-hydrogen) atoms. The van der Waals surface area contributed by atoms with Crippen molar-refractivity contribution in [2.24, 2.45) is 11.3 Å². The molecule has 2 bridgehead atoms. The molecule has 12 heteroatoms. The molecule has 0 radical (unpaired) electrons. The molecule has 1 aromatic rings. The molecule has 1 aromatic carbocycles. The lowest BCUT2D eigenvalue weighted by molar-refractivity contribution is -0.224. The first-order valence-corrected chi connectivity index (χ1v) is 19.9. The van der Waals surface area contributed by atoms with Crippen LogP contribution in [0.1, 0.15) is 108 Å². The maximum absolute atomic E-state index is 14.5. The second-order valence-corrected chi connectivity index (χ2v) is 15.7. The smallest absolute Gasteiger partial charge is 0.327 e. The van der Waals surface area contributed by atoms with Gasteiger partial charge in [-0.25, -0.2) is 0 Å². The molecule has 6 fully saturated rings. The van der Waals surface area contributed by atoms with Gasteiger partial charge >= 0.3 is 5.97 Å². The molecule has 12 nitrogen and oxygen atoms in total. The summed E-state index contributed by atoms with van der Waals surface area (Å²) in [5.74, 6) is -1.50. The first-order chi connectivity index (χ1) is 25.3. The van der Waals surface area contributed by atoms with Crippen molar-refractivity contribution in [3.05, 3.63) is 41.5 Å². The van der Waals surface area contributed by atoms with E-state index in [2.05, 4.69) is 48.8 Å². The van der Waals surface area contributed by atoms with Crippen molar-refractivity contribution in [2.45, 2.75) is 152 Å². The van der Waals surface area contributed by atoms with Gasteiger partial charge in [-0.15, -0.1) is 0 Å². The van der Waals surface area contributed by atoms with Crippen LogP contribution >= 0.6 is 0 Å². The minimum Gasteiger partial charge on any atom is -0.458 e. The third kappa shape index (κ3) is 7.70. The highest BCUT2D eigenvalue weighted by Gasteiger charge is 2.76. The van der Waals surface area contributed by atoms with E-state index in [1.54, 1.807) is 5.06 Å². The van der Waals surface area contributed by atoms with Gasteiger partial charge in [-0.05, 0) is 49.1 Å². The molecule has 4 aliphatic heterocycles. The summed E-state index contributed by atoms with van der Waals surface area (Å²) in [5, 5.41) is 16.3. The SMILES string of the molecule is CCCCCC1(CCCCC)O[C@@H]2[C@H](O1)[C@H]1ON(Cc3cccc(C=CC4CCC5OC5C4)c3)[C@@H]3C(=O)O[C@@H]2C[C@]13C(=O)NCCC(=O)NCCO. The summed E-state index contributed by atoms with van der Waals surface area (Å²) in [5.41, 5.74) is 0.688. The number of carbonyl (C=O) groups excluding carboxylic acids is 3. The van der Waals surface area contributed by atoms with E-state index in [9.17, 15) is 14.4 Å². The summed E-state index contributed by atoms with van der Waals surface area (Å²) in [6.45, 7) is 4.65. The summed E-state index contributed by atoms with van der Waals surface area (Å²) in [6.07, 6.45) is 13.8. The second-order valence-electron chi connectivity index (χ2n) is 15.7. The number of unbranched alkanes of at least 4 members (excludes halogenated alkanes) is 4. The molecule has 4 heterocycles. The number of allylic oxidation sites excluding steroid dienone is 1. The van der Waals surface area contributed by atoms with Gasteiger partial charge in [0.2, 0.25) is 11.8 Å². The number of hydrogen-bond donors (Lipinski definition) is 3. The number of benzene rings is 1. The van der Waals surface area contributed by atoms with Gasteiger partial charge in [0.25, 0.3) is 0 Å². The number of epoxide rings is 1. The summed E-state index contributed by atoms with van der Waals surface area (Å²) in [4.78, 5) is 47.7. The molecule has 2 amide bonds. The fraction of sp³-hybridized carbons (Fsp3) is 0.725. The summed E-state index contributed by atoms with van der Waals surface area (Å²) in [6, 6.07) is 7.17. The van der Waals surface area contributed by atoms with Crippen LogP contribution in [0, 0.1) is 11.3 Å². The van der Waals surface area contributed by atoms with Crippen molar-refractivity contribution in [1.82, 2.24) is 15.7 Å². The Morgan fingerprint density at radius 2 is 1.77 bits per heavy atom. The van der Waals surface area contributed by atoms with Crippen LogP contribution in [0.3, 0.4) is 0 Å². The van der Waals surface area contributed by atoms with Crippen LogP contribution in [0.4, 0.5) is 0 Å². The molecule has 0 spiro atoms. The molecule has 4 saturated heterocycles. The number of nitrogens with zero attached hydrogens (tertiary/aromatic N) is 1. The van der Waals surface area contributed by atoms with Crippen molar-refractivity contribution in [3.8, 4) is 0 Å². The van der Waals surface area contributed by atoms with E-state index in [0.29, 0.717) is 18.1 Å².